The van der Waals surface area contributed by atoms with Crippen molar-refractivity contribution in [3.05, 3.63) is 52.3 Å². The predicted molar refractivity (Wildman–Crippen MR) is 86.3 cm³/mol. The Morgan fingerprint density at radius 3 is 2.75 bits per heavy atom. The van der Waals surface area contributed by atoms with Crippen LogP contribution in [-0.4, -0.2) is 23.7 Å². The van der Waals surface area contributed by atoms with Crippen molar-refractivity contribution in [2.45, 2.75) is 6.92 Å². The molecule has 0 saturated carbocycles. The minimum absolute atomic E-state index is 0.0492. The van der Waals surface area contributed by atoms with Crippen molar-refractivity contribution >= 4 is 29.6 Å². The molecule has 0 fully saturated rings. The van der Waals surface area contributed by atoms with E-state index >= 15 is 0 Å². The molecular weight excluding hydrogens is 334 g/mol. The number of halogens is 1. The van der Waals surface area contributed by atoms with Crippen LogP contribution in [0.1, 0.15) is 23.0 Å². The third kappa shape index (κ3) is 3.83. The number of rotatable bonds is 5. The Balaban J connectivity index is 2.34. The van der Waals surface area contributed by atoms with Crippen LogP contribution in [0.15, 0.2) is 40.3 Å². The number of aromatic carboxylic acids is 1. The molecule has 24 heavy (non-hydrogen) atoms. The van der Waals surface area contributed by atoms with Crippen molar-refractivity contribution in [2.24, 2.45) is 0 Å². The van der Waals surface area contributed by atoms with Crippen LogP contribution in [0.5, 0.6) is 0 Å². The fourth-order valence-corrected chi connectivity index (χ4v) is 2.11. The van der Waals surface area contributed by atoms with Gasteiger partial charge in [-0.15, -0.1) is 0 Å². The number of benzene rings is 1. The van der Waals surface area contributed by atoms with Crippen molar-refractivity contribution in [1.82, 2.24) is 0 Å². The summed E-state index contributed by atoms with van der Waals surface area (Å²) in [6.45, 7) is 1.79. The van der Waals surface area contributed by atoms with Gasteiger partial charge in [-0.05, 0) is 37.3 Å². The zero-order chi connectivity index (χ0) is 17.7. The van der Waals surface area contributed by atoms with E-state index in [0.717, 1.165) is 0 Å². The molecule has 0 aliphatic carbocycles. The maximum atomic E-state index is 11.6. The van der Waals surface area contributed by atoms with E-state index in [9.17, 15) is 9.59 Å². The summed E-state index contributed by atoms with van der Waals surface area (Å²) in [5.74, 6) is -1.25. The second-order valence-corrected chi connectivity index (χ2v) is 5.00. The number of carbonyl (C=O) groups is 2. The second kappa shape index (κ2) is 7.49. The zero-order valence-corrected chi connectivity index (χ0v) is 13.3. The number of carboxylic acids is 1. The molecule has 0 spiro atoms. The van der Waals surface area contributed by atoms with Crippen LogP contribution in [0.4, 0.5) is 0 Å². The third-order valence-corrected chi connectivity index (χ3v) is 3.34. The van der Waals surface area contributed by atoms with E-state index in [1.54, 1.807) is 31.2 Å². The summed E-state index contributed by atoms with van der Waals surface area (Å²) in [6, 6.07) is 9.35. The predicted octanol–water partition coefficient (Wildman–Crippen LogP) is 3.77. The number of hydrogen-bond acceptors (Lipinski definition) is 5. The highest BCUT2D eigenvalue weighted by Gasteiger charge is 2.14. The summed E-state index contributed by atoms with van der Waals surface area (Å²) in [5.41, 5.74) is 0.262. The number of furan rings is 1. The first-order valence-corrected chi connectivity index (χ1v) is 7.26. The van der Waals surface area contributed by atoms with E-state index in [1.165, 1.54) is 18.2 Å². The molecular formula is C17H12ClNO5. The smallest absolute Gasteiger partial charge is 0.349 e. The Bertz CT molecular complexity index is 860. The van der Waals surface area contributed by atoms with Crippen LogP contribution < -0.4 is 0 Å². The van der Waals surface area contributed by atoms with Crippen molar-refractivity contribution < 1.29 is 23.8 Å². The van der Waals surface area contributed by atoms with Gasteiger partial charge in [0.05, 0.1) is 17.2 Å². The lowest BCUT2D eigenvalue weighted by Gasteiger charge is -2.02. The molecule has 0 aliphatic heterocycles. The first-order chi connectivity index (χ1) is 11.5. The van der Waals surface area contributed by atoms with E-state index in [2.05, 4.69) is 0 Å². The molecule has 0 radical (unpaired) electrons. The number of nitriles is 1. The molecule has 0 saturated heterocycles. The molecule has 1 aromatic carbocycles. The van der Waals surface area contributed by atoms with Crippen LogP contribution in [0.25, 0.3) is 17.4 Å². The third-order valence-electron chi connectivity index (χ3n) is 3.01. The van der Waals surface area contributed by atoms with E-state index in [0.29, 0.717) is 11.3 Å². The lowest BCUT2D eigenvalue weighted by Crippen LogP contribution is -2.05. The molecule has 1 N–H and O–H groups in total. The van der Waals surface area contributed by atoms with Gasteiger partial charge in [-0.25, -0.2) is 9.59 Å². The average molecular weight is 346 g/mol. The first-order valence-electron chi connectivity index (χ1n) is 6.88. The molecule has 1 aromatic heterocycles. The van der Waals surface area contributed by atoms with Gasteiger partial charge in [0, 0.05) is 11.6 Å². The Labute approximate surface area is 142 Å². The van der Waals surface area contributed by atoms with Gasteiger partial charge in [0.15, 0.2) is 0 Å². The molecule has 2 rings (SSSR count). The summed E-state index contributed by atoms with van der Waals surface area (Å²) in [6.07, 6.45) is 1.26. The topological polar surface area (TPSA) is 101 Å². The van der Waals surface area contributed by atoms with Gasteiger partial charge in [0.1, 0.15) is 23.2 Å². The van der Waals surface area contributed by atoms with Gasteiger partial charge in [0.2, 0.25) is 0 Å². The standard InChI is InChI=1S/C17H12ClNO5/c1-2-23-17(22)11(9-19)7-12-4-6-15(24-12)10-3-5-14(18)13(8-10)16(20)21/h3-8H,2H2,1H3,(H,20,21)/b11-7+. The van der Waals surface area contributed by atoms with Crippen molar-refractivity contribution in [2.75, 3.05) is 6.61 Å². The quantitative estimate of drug-likeness (QED) is 0.503. The normalized spacial score (nSPS) is 11.0. The monoisotopic (exact) mass is 345 g/mol. The van der Waals surface area contributed by atoms with Gasteiger partial charge in [-0.2, -0.15) is 5.26 Å². The Morgan fingerprint density at radius 2 is 2.12 bits per heavy atom. The number of carbonyl (C=O) groups excluding carboxylic acids is 1. The summed E-state index contributed by atoms with van der Waals surface area (Å²) in [7, 11) is 0. The summed E-state index contributed by atoms with van der Waals surface area (Å²) < 4.78 is 10.3. The van der Waals surface area contributed by atoms with E-state index in [-0.39, 0.29) is 28.5 Å². The average Bonchev–Trinajstić information content (AvgIpc) is 3.01. The highest BCUT2D eigenvalue weighted by molar-refractivity contribution is 6.33. The fraction of sp³-hybridized carbons (Fsp3) is 0.118. The molecule has 0 atom stereocenters. The number of hydrogen-bond donors (Lipinski definition) is 1. The second-order valence-electron chi connectivity index (χ2n) is 4.59. The van der Waals surface area contributed by atoms with Gasteiger partial charge in [0.25, 0.3) is 0 Å². The molecule has 0 bridgehead atoms. The van der Waals surface area contributed by atoms with Crippen molar-refractivity contribution in [3.63, 3.8) is 0 Å². The molecule has 122 valence electrons. The van der Waals surface area contributed by atoms with Gasteiger partial charge in [-0.3, -0.25) is 0 Å². The molecule has 0 unspecified atom stereocenters. The van der Waals surface area contributed by atoms with E-state index in [1.807, 2.05) is 0 Å². The molecule has 2 aromatic rings. The maximum Gasteiger partial charge on any atom is 0.349 e. The molecule has 7 heteroatoms. The van der Waals surface area contributed by atoms with Crippen LogP contribution in [-0.2, 0) is 9.53 Å². The SMILES string of the molecule is CCOC(=O)/C(C#N)=C/c1ccc(-c2ccc(Cl)c(C(=O)O)c2)o1. The molecule has 0 aliphatic rings. The number of nitrogens with zero attached hydrogens (tertiary/aromatic N) is 1. The Morgan fingerprint density at radius 1 is 1.38 bits per heavy atom. The minimum atomic E-state index is -1.15. The highest BCUT2D eigenvalue weighted by Crippen LogP contribution is 2.27. The van der Waals surface area contributed by atoms with E-state index in [4.69, 9.17) is 31.1 Å². The molecule has 0 amide bonds. The van der Waals surface area contributed by atoms with Gasteiger partial charge < -0.3 is 14.3 Å². The fourth-order valence-electron chi connectivity index (χ4n) is 1.92. The summed E-state index contributed by atoms with van der Waals surface area (Å²) in [5, 5.41) is 18.2. The van der Waals surface area contributed by atoms with E-state index < -0.39 is 11.9 Å². The number of ether oxygens (including phenoxy) is 1. The summed E-state index contributed by atoms with van der Waals surface area (Å²) in [4.78, 5) is 22.7. The minimum Gasteiger partial charge on any atom is -0.478 e. The van der Waals surface area contributed by atoms with Crippen LogP contribution in [0.2, 0.25) is 5.02 Å². The first kappa shape index (κ1) is 17.3. The van der Waals surface area contributed by atoms with Crippen LogP contribution >= 0.6 is 11.6 Å². The van der Waals surface area contributed by atoms with Crippen molar-refractivity contribution in [1.29, 1.82) is 5.26 Å². The zero-order valence-electron chi connectivity index (χ0n) is 12.6. The molecule has 6 nitrogen and oxygen atoms in total. The Kier molecular flexibility index (Phi) is 5.40. The largest absolute Gasteiger partial charge is 0.478 e. The lowest BCUT2D eigenvalue weighted by atomic mass is 10.1. The van der Waals surface area contributed by atoms with Gasteiger partial charge >= 0.3 is 11.9 Å². The lowest BCUT2D eigenvalue weighted by molar-refractivity contribution is -0.137. The summed E-state index contributed by atoms with van der Waals surface area (Å²) >= 11 is 5.83. The van der Waals surface area contributed by atoms with Gasteiger partial charge in [-0.1, -0.05) is 11.6 Å². The van der Waals surface area contributed by atoms with Crippen LogP contribution in [0, 0.1) is 11.3 Å². The highest BCUT2D eigenvalue weighted by atomic mass is 35.5. The molecule has 1 heterocycles. The number of esters is 1. The Hall–Kier alpha value is -3.04. The number of carboxylic acid groups (broad SMARTS) is 1. The van der Waals surface area contributed by atoms with Crippen LogP contribution in [0.3, 0.4) is 0 Å². The maximum absolute atomic E-state index is 11.6. The van der Waals surface area contributed by atoms with Crippen molar-refractivity contribution in [3.8, 4) is 17.4 Å².